The molecule has 0 aliphatic carbocycles. The number of anilines is 1. The SMILES string of the molecule is CCCc1cnc(N2CCC(n3cc(F)c4c(Cc5ccc(C(N)=O)cc5F)ncnc43)CC2)nc1. The second kappa shape index (κ2) is 9.96. The molecule has 186 valence electrons. The summed E-state index contributed by atoms with van der Waals surface area (Å²) in [6, 6.07) is 4.08. The zero-order valence-electron chi connectivity index (χ0n) is 20.0. The lowest BCUT2D eigenvalue weighted by atomic mass is 10.0. The summed E-state index contributed by atoms with van der Waals surface area (Å²) in [4.78, 5) is 31.1. The van der Waals surface area contributed by atoms with Crippen molar-refractivity contribution in [3.63, 3.8) is 0 Å². The Bertz CT molecular complexity index is 1400. The van der Waals surface area contributed by atoms with Crippen molar-refractivity contribution >= 4 is 22.9 Å². The molecule has 10 heteroatoms. The first-order chi connectivity index (χ1) is 17.4. The standard InChI is InChI=1S/C26H27F2N7O/c1-2-3-16-12-30-26(31-13-16)34-8-6-19(7-9-34)35-14-21(28)23-22(32-15-33-25(23)35)11-17-4-5-18(24(29)36)10-20(17)27/h4-5,10,12-15,19H,2-3,6-9,11H2,1H3,(H2,29,36). The van der Waals surface area contributed by atoms with E-state index in [1.165, 1.54) is 24.7 Å². The fraction of sp³-hybridized carbons (Fsp3) is 0.346. The van der Waals surface area contributed by atoms with Crippen LogP contribution in [-0.2, 0) is 12.8 Å². The van der Waals surface area contributed by atoms with E-state index in [4.69, 9.17) is 5.73 Å². The van der Waals surface area contributed by atoms with E-state index in [-0.39, 0.29) is 23.4 Å². The molecule has 0 saturated carbocycles. The quantitative estimate of drug-likeness (QED) is 0.420. The Balaban J connectivity index is 1.35. The Hall–Kier alpha value is -3.95. The molecule has 5 rings (SSSR count). The predicted molar refractivity (Wildman–Crippen MR) is 132 cm³/mol. The zero-order chi connectivity index (χ0) is 25.2. The van der Waals surface area contributed by atoms with E-state index < -0.39 is 17.5 Å². The van der Waals surface area contributed by atoms with Crippen LogP contribution in [0.3, 0.4) is 0 Å². The number of rotatable bonds is 7. The molecular weight excluding hydrogens is 464 g/mol. The Labute approximate surface area is 207 Å². The van der Waals surface area contributed by atoms with Crippen LogP contribution >= 0.6 is 0 Å². The highest BCUT2D eigenvalue weighted by molar-refractivity contribution is 5.92. The van der Waals surface area contributed by atoms with Gasteiger partial charge in [-0.1, -0.05) is 19.4 Å². The number of halogens is 2. The van der Waals surface area contributed by atoms with Crippen molar-refractivity contribution in [1.82, 2.24) is 24.5 Å². The summed E-state index contributed by atoms with van der Waals surface area (Å²) < 4.78 is 31.6. The third-order valence-corrected chi connectivity index (χ3v) is 6.71. The summed E-state index contributed by atoms with van der Waals surface area (Å²) in [6.07, 6.45) is 10.3. The number of benzene rings is 1. The molecule has 8 nitrogen and oxygen atoms in total. The first-order valence-electron chi connectivity index (χ1n) is 12.1. The maximum atomic E-state index is 15.2. The minimum absolute atomic E-state index is 0.0574. The van der Waals surface area contributed by atoms with E-state index >= 15 is 4.39 Å². The van der Waals surface area contributed by atoms with Crippen molar-refractivity contribution in [3.05, 3.63) is 77.1 Å². The highest BCUT2D eigenvalue weighted by Crippen LogP contribution is 2.31. The molecular formula is C26H27F2N7O. The van der Waals surface area contributed by atoms with Gasteiger partial charge in [0.25, 0.3) is 0 Å². The lowest BCUT2D eigenvalue weighted by Crippen LogP contribution is -2.35. The molecule has 0 unspecified atom stereocenters. The fourth-order valence-electron chi connectivity index (χ4n) is 4.81. The summed E-state index contributed by atoms with van der Waals surface area (Å²) in [6.45, 7) is 3.62. The molecule has 1 aromatic carbocycles. The Kier molecular flexibility index (Phi) is 6.58. The number of hydrogen-bond acceptors (Lipinski definition) is 6. The first kappa shape index (κ1) is 23.8. The molecule has 2 N–H and O–H groups in total. The van der Waals surface area contributed by atoms with E-state index in [1.807, 2.05) is 17.0 Å². The molecule has 4 aromatic rings. The highest BCUT2D eigenvalue weighted by atomic mass is 19.1. The molecule has 4 heterocycles. The number of fused-ring (bicyclic) bond motifs is 1. The topological polar surface area (TPSA) is 103 Å². The summed E-state index contributed by atoms with van der Waals surface area (Å²) in [7, 11) is 0. The lowest BCUT2D eigenvalue weighted by Gasteiger charge is -2.32. The smallest absolute Gasteiger partial charge is 0.248 e. The van der Waals surface area contributed by atoms with Crippen LogP contribution < -0.4 is 10.6 Å². The van der Waals surface area contributed by atoms with Crippen molar-refractivity contribution in [2.75, 3.05) is 18.0 Å². The van der Waals surface area contributed by atoms with E-state index in [0.29, 0.717) is 22.9 Å². The van der Waals surface area contributed by atoms with Crippen molar-refractivity contribution in [1.29, 1.82) is 0 Å². The molecule has 1 aliphatic heterocycles. The Morgan fingerprint density at radius 3 is 2.50 bits per heavy atom. The summed E-state index contributed by atoms with van der Waals surface area (Å²) >= 11 is 0. The molecule has 1 aliphatic rings. The van der Waals surface area contributed by atoms with Crippen LogP contribution in [0.5, 0.6) is 0 Å². The van der Waals surface area contributed by atoms with Crippen LogP contribution in [0.15, 0.2) is 43.1 Å². The van der Waals surface area contributed by atoms with Crippen LogP contribution in [0, 0.1) is 11.6 Å². The number of hydrogen-bond donors (Lipinski definition) is 1. The van der Waals surface area contributed by atoms with Gasteiger partial charge < -0.3 is 15.2 Å². The summed E-state index contributed by atoms with van der Waals surface area (Å²) in [5, 5.41) is 0.285. The molecule has 1 fully saturated rings. The number of carbonyl (C=O) groups is 1. The number of aryl methyl sites for hydroxylation is 1. The van der Waals surface area contributed by atoms with Gasteiger partial charge in [-0.25, -0.2) is 28.7 Å². The molecule has 0 radical (unpaired) electrons. The van der Waals surface area contributed by atoms with Crippen LogP contribution in [-0.4, -0.2) is 43.5 Å². The maximum Gasteiger partial charge on any atom is 0.248 e. The van der Waals surface area contributed by atoms with E-state index in [2.05, 4.69) is 31.8 Å². The van der Waals surface area contributed by atoms with Gasteiger partial charge in [0.1, 0.15) is 17.8 Å². The second-order valence-corrected chi connectivity index (χ2v) is 9.11. The molecule has 3 aromatic heterocycles. The van der Waals surface area contributed by atoms with E-state index in [9.17, 15) is 9.18 Å². The fourth-order valence-corrected chi connectivity index (χ4v) is 4.81. The Morgan fingerprint density at radius 2 is 1.83 bits per heavy atom. The summed E-state index contributed by atoms with van der Waals surface area (Å²) in [5.74, 6) is -1.02. The van der Waals surface area contributed by atoms with Crippen LogP contribution in [0.4, 0.5) is 14.7 Å². The molecule has 0 bridgehead atoms. The van der Waals surface area contributed by atoms with Crippen molar-refractivity contribution in [3.8, 4) is 0 Å². The minimum atomic E-state index is -0.709. The third-order valence-electron chi connectivity index (χ3n) is 6.71. The summed E-state index contributed by atoms with van der Waals surface area (Å²) in [5.41, 5.74) is 7.61. The Morgan fingerprint density at radius 1 is 1.08 bits per heavy atom. The molecule has 1 saturated heterocycles. The number of piperidine rings is 1. The number of nitrogens with two attached hydrogens (primary N) is 1. The zero-order valence-corrected chi connectivity index (χ0v) is 20.0. The van der Waals surface area contributed by atoms with Crippen LogP contribution in [0.25, 0.3) is 11.0 Å². The van der Waals surface area contributed by atoms with Gasteiger partial charge in [0.15, 0.2) is 5.82 Å². The van der Waals surface area contributed by atoms with Gasteiger partial charge in [0.2, 0.25) is 11.9 Å². The number of nitrogens with zero attached hydrogens (tertiary/aromatic N) is 6. The molecule has 0 atom stereocenters. The number of primary amides is 1. The van der Waals surface area contributed by atoms with E-state index in [1.54, 1.807) is 0 Å². The molecule has 0 spiro atoms. The van der Waals surface area contributed by atoms with E-state index in [0.717, 1.165) is 50.4 Å². The maximum absolute atomic E-state index is 15.2. The first-order valence-corrected chi connectivity index (χ1v) is 12.1. The van der Waals surface area contributed by atoms with Crippen molar-refractivity contribution in [2.45, 2.75) is 45.1 Å². The average molecular weight is 492 g/mol. The monoisotopic (exact) mass is 491 g/mol. The minimum Gasteiger partial charge on any atom is -0.366 e. The predicted octanol–water partition coefficient (Wildman–Crippen LogP) is 3.98. The number of aromatic nitrogens is 5. The van der Waals surface area contributed by atoms with Gasteiger partial charge in [-0.05, 0) is 42.5 Å². The van der Waals surface area contributed by atoms with Crippen LogP contribution in [0.1, 0.15) is 59.4 Å². The third kappa shape index (κ3) is 4.62. The lowest BCUT2D eigenvalue weighted by molar-refractivity contribution is 0.1000. The number of carbonyl (C=O) groups excluding carboxylic acids is 1. The van der Waals surface area contributed by atoms with Crippen molar-refractivity contribution < 1.29 is 13.6 Å². The normalized spacial score (nSPS) is 14.5. The van der Waals surface area contributed by atoms with Gasteiger partial charge >= 0.3 is 0 Å². The molecule has 36 heavy (non-hydrogen) atoms. The van der Waals surface area contributed by atoms with Gasteiger partial charge in [-0.15, -0.1) is 0 Å². The number of amides is 1. The highest BCUT2D eigenvalue weighted by Gasteiger charge is 2.26. The van der Waals surface area contributed by atoms with Gasteiger partial charge in [0.05, 0.1) is 11.1 Å². The van der Waals surface area contributed by atoms with Gasteiger partial charge in [0, 0.05) is 49.7 Å². The van der Waals surface area contributed by atoms with Gasteiger partial charge in [-0.3, -0.25) is 4.79 Å². The second-order valence-electron chi connectivity index (χ2n) is 9.11. The van der Waals surface area contributed by atoms with Gasteiger partial charge in [-0.2, -0.15) is 0 Å². The van der Waals surface area contributed by atoms with Crippen LogP contribution in [0.2, 0.25) is 0 Å². The molecule has 1 amide bonds. The largest absolute Gasteiger partial charge is 0.366 e. The van der Waals surface area contributed by atoms with Crippen molar-refractivity contribution in [2.24, 2.45) is 5.73 Å². The average Bonchev–Trinajstić information content (AvgIpc) is 3.23.